The van der Waals surface area contributed by atoms with Crippen LogP contribution in [0.25, 0.3) is 0 Å². The van der Waals surface area contributed by atoms with E-state index in [1.165, 1.54) is 6.08 Å². The molecule has 2 nitrogen and oxygen atoms in total. The SMILES string of the molecule is C=CC(=O)Nc1cc(C)cc(CF)c1. The molecule has 0 saturated carbocycles. The lowest BCUT2D eigenvalue weighted by Gasteiger charge is -2.05. The molecule has 0 saturated heterocycles. The summed E-state index contributed by atoms with van der Waals surface area (Å²) in [5.41, 5.74) is 2.08. The topological polar surface area (TPSA) is 29.1 Å². The van der Waals surface area contributed by atoms with Gasteiger partial charge in [-0.05, 0) is 36.3 Å². The summed E-state index contributed by atoms with van der Waals surface area (Å²) >= 11 is 0. The van der Waals surface area contributed by atoms with E-state index in [0.717, 1.165) is 5.56 Å². The van der Waals surface area contributed by atoms with Crippen LogP contribution in [0.1, 0.15) is 11.1 Å². The molecule has 14 heavy (non-hydrogen) atoms. The molecule has 0 aromatic heterocycles. The van der Waals surface area contributed by atoms with Crippen LogP contribution in [-0.4, -0.2) is 5.91 Å². The highest BCUT2D eigenvalue weighted by Crippen LogP contribution is 2.15. The Hall–Kier alpha value is -1.64. The van der Waals surface area contributed by atoms with Crippen molar-refractivity contribution in [3.8, 4) is 0 Å². The standard InChI is InChI=1S/C11H12FNO/c1-3-11(14)13-10-5-8(2)4-9(6-10)7-12/h3-6H,1,7H2,2H3,(H,13,14). The molecular formula is C11H12FNO. The first-order valence-corrected chi connectivity index (χ1v) is 4.25. The average Bonchev–Trinajstić information content (AvgIpc) is 2.16. The molecule has 1 N–H and O–H groups in total. The van der Waals surface area contributed by atoms with E-state index in [0.29, 0.717) is 11.3 Å². The van der Waals surface area contributed by atoms with E-state index in [1.807, 2.05) is 6.92 Å². The van der Waals surface area contributed by atoms with Crippen LogP contribution in [-0.2, 0) is 11.5 Å². The number of nitrogens with one attached hydrogen (secondary N) is 1. The van der Waals surface area contributed by atoms with Crippen molar-refractivity contribution < 1.29 is 9.18 Å². The normalized spacial score (nSPS) is 9.57. The van der Waals surface area contributed by atoms with Gasteiger partial charge in [0.15, 0.2) is 0 Å². The van der Waals surface area contributed by atoms with Crippen molar-refractivity contribution in [2.75, 3.05) is 5.32 Å². The molecule has 0 aliphatic heterocycles. The van der Waals surface area contributed by atoms with Crippen molar-refractivity contribution in [3.05, 3.63) is 42.0 Å². The third kappa shape index (κ3) is 2.69. The van der Waals surface area contributed by atoms with Gasteiger partial charge >= 0.3 is 0 Å². The second kappa shape index (κ2) is 4.56. The van der Waals surface area contributed by atoms with Crippen LogP contribution in [0.3, 0.4) is 0 Å². The molecule has 0 bridgehead atoms. The minimum atomic E-state index is -0.529. The Balaban J connectivity index is 2.91. The van der Waals surface area contributed by atoms with E-state index in [-0.39, 0.29) is 5.91 Å². The maximum absolute atomic E-state index is 12.4. The Morgan fingerprint density at radius 1 is 1.57 bits per heavy atom. The summed E-state index contributed by atoms with van der Waals surface area (Å²) in [4.78, 5) is 11.0. The quantitative estimate of drug-likeness (QED) is 0.734. The molecule has 1 rings (SSSR count). The zero-order chi connectivity index (χ0) is 10.6. The molecule has 1 aromatic rings. The summed E-state index contributed by atoms with van der Waals surface area (Å²) in [6.07, 6.45) is 1.18. The van der Waals surface area contributed by atoms with Crippen molar-refractivity contribution in [2.24, 2.45) is 0 Å². The van der Waals surface area contributed by atoms with Gasteiger partial charge in [-0.1, -0.05) is 12.6 Å². The molecule has 0 heterocycles. The van der Waals surface area contributed by atoms with E-state index in [1.54, 1.807) is 18.2 Å². The number of halogens is 1. The van der Waals surface area contributed by atoms with Crippen LogP contribution >= 0.6 is 0 Å². The van der Waals surface area contributed by atoms with Crippen molar-refractivity contribution in [2.45, 2.75) is 13.6 Å². The zero-order valence-corrected chi connectivity index (χ0v) is 8.01. The second-order valence-corrected chi connectivity index (χ2v) is 3.03. The molecule has 3 heteroatoms. The van der Waals surface area contributed by atoms with E-state index in [2.05, 4.69) is 11.9 Å². The molecule has 1 aromatic carbocycles. The third-order valence-corrected chi connectivity index (χ3v) is 1.74. The number of alkyl halides is 1. The largest absolute Gasteiger partial charge is 0.323 e. The number of carbonyl (C=O) groups excluding carboxylic acids is 1. The summed E-state index contributed by atoms with van der Waals surface area (Å²) in [5, 5.41) is 2.58. The zero-order valence-electron chi connectivity index (χ0n) is 8.01. The number of amides is 1. The van der Waals surface area contributed by atoms with Crippen LogP contribution in [0, 0.1) is 6.92 Å². The Bertz CT molecular complexity index is 360. The molecule has 0 unspecified atom stereocenters. The van der Waals surface area contributed by atoms with Crippen molar-refractivity contribution in [3.63, 3.8) is 0 Å². The average molecular weight is 193 g/mol. The van der Waals surface area contributed by atoms with Gasteiger partial charge in [0.1, 0.15) is 6.67 Å². The van der Waals surface area contributed by atoms with E-state index in [4.69, 9.17) is 0 Å². The van der Waals surface area contributed by atoms with Gasteiger partial charge in [-0.2, -0.15) is 0 Å². The van der Waals surface area contributed by atoms with Gasteiger partial charge in [0.05, 0.1) is 0 Å². The predicted octanol–water partition coefficient (Wildman–Crippen LogP) is 2.59. The first-order valence-electron chi connectivity index (χ1n) is 4.25. The molecule has 74 valence electrons. The van der Waals surface area contributed by atoms with Gasteiger partial charge in [0.25, 0.3) is 0 Å². The van der Waals surface area contributed by atoms with Crippen molar-refractivity contribution in [1.29, 1.82) is 0 Å². The highest BCUT2D eigenvalue weighted by Gasteiger charge is 2.00. The van der Waals surface area contributed by atoms with Gasteiger partial charge in [-0.3, -0.25) is 4.79 Å². The van der Waals surface area contributed by atoms with Gasteiger partial charge in [-0.15, -0.1) is 0 Å². The molecule has 0 fully saturated rings. The second-order valence-electron chi connectivity index (χ2n) is 3.03. The summed E-state index contributed by atoms with van der Waals surface area (Å²) in [5.74, 6) is -0.291. The molecule has 0 spiro atoms. The maximum atomic E-state index is 12.4. The smallest absolute Gasteiger partial charge is 0.247 e. The number of rotatable bonds is 3. The van der Waals surface area contributed by atoms with E-state index >= 15 is 0 Å². The van der Waals surface area contributed by atoms with Crippen molar-refractivity contribution in [1.82, 2.24) is 0 Å². The number of benzene rings is 1. The Morgan fingerprint density at radius 3 is 2.86 bits per heavy atom. The number of anilines is 1. The predicted molar refractivity (Wildman–Crippen MR) is 54.8 cm³/mol. The lowest BCUT2D eigenvalue weighted by Crippen LogP contribution is -2.07. The van der Waals surface area contributed by atoms with Crippen molar-refractivity contribution >= 4 is 11.6 Å². The number of carbonyl (C=O) groups is 1. The van der Waals surface area contributed by atoms with Crippen LogP contribution in [0.2, 0.25) is 0 Å². The highest BCUT2D eigenvalue weighted by atomic mass is 19.1. The first-order chi connectivity index (χ1) is 6.65. The van der Waals surface area contributed by atoms with Gasteiger partial charge in [0.2, 0.25) is 5.91 Å². The fraction of sp³-hybridized carbons (Fsp3) is 0.182. The van der Waals surface area contributed by atoms with E-state index < -0.39 is 6.67 Å². The summed E-state index contributed by atoms with van der Waals surface area (Å²) in [7, 11) is 0. The van der Waals surface area contributed by atoms with Crippen LogP contribution in [0.15, 0.2) is 30.9 Å². The lowest BCUT2D eigenvalue weighted by atomic mass is 10.1. The lowest BCUT2D eigenvalue weighted by molar-refractivity contribution is -0.111. The van der Waals surface area contributed by atoms with Gasteiger partial charge in [-0.25, -0.2) is 4.39 Å². The number of hydrogen-bond acceptors (Lipinski definition) is 1. The minimum Gasteiger partial charge on any atom is -0.323 e. The molecule has 0 aliphatic rings. The van der Waals surface area contributed by atoms with E-state index in [9.17, 15) is 9.18 Å². The number of hydrogen-bond donors (Lipinski definition) is 1. The fourth-order valence-electron chi connectivity index (χ4n) is 1.21. The Kier molecular flexibility index (Phi) is 3.40. The molecule has 0 aliphatic carbocycles. The molecule has 0 atom stereocenters. The summed E-state index contributed by atoms with van der Waals surface area (Å²) < 4.78 is 12.4. The minimum absolute atomic E-state index is 0.291. The molecule has 1 amide bonds. The van der Waals surface area contributed by atoms with Crippen LogP contribution < -0.4 is 5.32 Å². The Morgan fingerprint density at radius 2 is 2.29 bits per heavy atom. The van der Waals surface area contributed by atoms with Gasteiger partial charge in [0, 0.05) is 5.69 Å². The molecular weight excluding hydrogens is 181 g/mol. The van der Waals surface area contributed by atoms with Crippen LogP contribution in [0.5, 0.6) is 0 Å². The number of aryl methyl sites for hydroxylation is 1. The molecule has 0 radical (unpaired) electrons. The van der Waals surface area contributed by atoms with Crippen LogP contribution in [0.4, 0.5) is 10.1 Å². The third-order valence-electron chi connectivity index (χ3n) is 1.74. The monoisotopic (exact) mass is 193 g/mol. The Labute approximate surface area is 82.4 Å². The maximum Gasteiger partial charge on any atom is 0.247 e. The van der Waals surface area contributed by atoms with Gasteiger partial charge < -0.3 is 5.32 Å². The fourth-order valence-corrected chi connectivity index (χ4v) is 1.21. The first kappa shape index (κ1) is 10.4. The summed E-state index contributed by atoms with van der Waals surface area (Å²) in [6.45, 7) is 4.66. The highest BCUT2D eigenvalue weighted by molar-refractivity contribution is 5.98. The summed E-state index contributed by atoms with van der Waals surface area (Å²) in [6, 6.07) is 5.12.